The first-order chi connectivity index (χ1) is 11.6. The van der Waals surface area contributed by atoms with Crippen LogP contribution < -0.4 is 10.6 Å². The molecule has 2 rings (SSSR count). The average Bonchev–Trinajstić information content (AvgIpc) is 2.59. The molecule has 1 aromatic carbocycles. The summed E-state index contributed by atoms with van der Waals surface area (Å²) in [6.07, 6.45) is 5.15. The van der Waals surface area contributed by atoms with Crippen molar-refractivity contribution in [1.29, 1.82) is 0 Å². The van der Waals surface area contributed by atoms with Crippen LogP contribution in [0.25, 0.3) is 0 Å². The number of nitrogens with zero attached hydrogens (tertiary/aromatic N) is 1. The van der Waals surface area contributed by atoms with Gasteiger partial charge in [0.2, 0.25) is 0 Å². The lowest BCUT2D eigenvalue weighted by atomic mass is 10.1. The molecule has 5 nitrogen and oxygen atoms in total. The van der Waals surface area contributed by atoms with E-state index in [1.165, 1.54) is 19.8 Å². The van der Waals surface area contributed by atoms with E-state index in [0.29, 0.717) is 16.9 Å². The fourth-order valence-electron chi connectivity index (χ4n) is 2.25. The Morgan fingerprint density at radius 2 is 1.92 bits per heavy atom. The number of hydrogen-bond donors (Lipinski definition) is 2. The first-order valence-electron chi connectivity index (χ1n) is 8.22. The van der Waals surface area contributed by atoms with Crippen LogP contribution in [0.4, 0.5) is 11.4 Å². The van der Waals surface area contributed by atoms with Gasteiger partial charge in [0.1, 0.15) is 5.69 Å². The molecule has 2 N–H and O–H groups in total. The predicted molar refractivity (Wildman–Crippen MR) is 96.7 cm³/mol. The van der Waals surface area contributed by atoms with Crippen molar-refractivity contribution in [2.24, 2.45) is 0 Å². The van der Waals surface area contributed by atoms with Crippen molar-refractivity contribution < 1.29 is 9.59 Å². The Morgan fingerprint density at radius 3 is 2.58 bits per heavy atom. The number of carbonyl (C=O) groups is 2. The SMILES string of the molecule is CCCCCNc1ccc(C(=O)Nc2cccc(C(C)=O)c2)nc1. The number of nitrogens with one attached hydrogen (secondary N) is 2. The quantitative estimate of drug-likeness (QED) is 0.565. The number of carbonyl (C=O) groups excluding carboxylic acids is 2. The first kappa shape index (κ1) is 17.7. The topological polar surface area (TPSA) is 71.1 Å². The van der Waals surface area contributed by atoms with Gasteiger partial charge in [-0.3, -0.25) is 9.59 Å². The number of hydrogen-bond acceptors (Lipinski definition) is 4. The lowest BCUT2D eigenvalue weighted by molar-refractivity contribution is 0.100. The number of anilines is 2. The minimum absolute atomic E-state index is 0.0391. The Hall–Kier alpha value is -2.69. The fraction of sp³-hybridized carbons (Fsp3) is 0.316. The summed E-state index contributed by atoms with van der Waals surface area (Å²) >= 11 is 0. The van der Waals surface area contributed by atoms with Crippen LogP contribution in [0, 0.1) is 0 Å². The number of Topliss-reactive ketones (excluding diaryl/α,β-unsaturated/α-hetero) is 1. The van der Waals surface area contributed by atoms with E-state index in [2.05, 4.69) is 22.5 Å². The minimum atomic E-state index is -0.298. The summed E-state index contributed by atoms with van der Waals surface area (Å²) in [5.74, 6) is -0.337. The van der Waals surface area contributed by atoms with Gasteiger partial charge in [0.05, 0.1) is 11.9 Å². The van der Waals surface area contributed by atoms with Gasteiger partial charge in [-0.1, -0.05) is 31.9 Å². The van der Waals surface area contributed by atoms with Crippen LogP contribution in [0.5, 0.6) is 0 Å². The van der Waals surface area contributed by atoms with Crippen molar-refractivity contribution in [3.8, 4) is 0 Å². The maximum atomic E-state index is 12.2. The van der Waals surface area contributed by atoms with Gasteiger partial charge in [-0.15, -0.1) is 0 Å². The molecule has 2 aromatic rings. The molecule has 0 spiro atoms. The van der Waals surface area contributed by atoms with Gasteiger partial charge in [0, 0.05) is 17.8 Å². The van der Waals surface area contributed by atoms with Crippen molar-refractivity contribution in [2.75, 3.05) is 17.2 Å². The number of rotatable bonds is 8. The second kappa shape index (κ2) is 8.82. The summed E-state index contributed by atoms with van der Waals surface area (Å²) in [5, 5.41) is 6.04. The lowest BCUT2D eigenvalue weighted by Gasteiger charge is -2.08. The molecule has 1 amide bonds. The fourth-order valence-corrected chi connectivity index (χ4v) is 2.25. The highest BCUT2D eigenvalue weighted by atomic mass is 16.2. The molecule has 5 heteroatoms. The van der Waals surface area contributed by atoms with Crippen molar-refractivity contribution in [1.82, 2.24) is 4.98 Å². The lowest BCUT2D eigenvalue weighted by Crippen LogP contribution is -2.14. The molecule has 126 valence electrons. The van der Waals surface area contributed by atoms with Gasteiger partial charge in [-0.05, 0) is 37.6 Å². The van der Waals surface area contributed by atoms with E-state index in [0.717, 1.165) is 18.7 Å². The summed E-state index contributed by atoms with van der Waals surface area (Å²) in [6, 6.07) is 10.4. The Morgan fingerprint density at radius 1 is 1.08 bits per heavy atom. The maximum absolute atomic E-state index is 12.2. The molecule has 1 heterocycles. The van der Waals surface area contributed by atoms with Gasteiger partial charge >= 0.3 is 0 Å². The third-order valence-corrected chi connectivity index (χ3v) is 3.63. The zero-order chi connectivity index (χ0) is 17.4. The maximum Gasteiger partial charge on any atom is 0.274 e. The van der Waals surface area contributed by atoms with Crippen molar-refractivity contribution in [3.05, 3.63) is 53.9 Å². The Bertz CT molecular complexity index is 696. The molecule has 0 bridgehead atoms. The zero-order valence-corrected chi connectivity index (χ0v) is 14.1. The predicted octanol–water partition coefficient (Wildman–Crippen LogP) is 4.14. The second-order valence-electron chi connectivity index (χ2n) is 5.66. The van der Waals surface area contributed by atoms with E-state index >= 15 is 0 Å². The first-order valence-corrected chi connectivity index (χ1v) is 8.22. The Balaban J connectivity index is 1.95. The molecule has 0 radical (unpaired) electrons. The Kier molecular flexibility index (Phi) is 6.49. The van der Waals surface area contributed by atoms with Crippen LogP contribution in [0.1, 0.15) is 54.0 Å². The molecule has 0 aliphatic carbocycles. The van der Waals surface area contributed by atoms with E-state index < -0.39 is 0 Å². The number of amides is 1. The average molecular weight is 325 g/mol. The van der Waals surface area contributed by atoms with Gasteiger partial charge in [-0.25, -0.2) is 4.98 Å². The monoisotopic (exact) mass is 325 g/mol. The molecule has 0 saturated heterocycles. The van der Waals surface area contributed by atoms with Crippen molar-refractivity contribution in [2.45, 2.75) is 33.1 Å². The highest BCUT2D eigenvalue weighted by Gasteiger charge is 2.09. The number of aromatic nitrogens is 1. The number of benzene rings is 1. The zero-order valence-electron chi connectivity index (χ0n) is 14.1. The normalized spacial score (nSPS) is 10.2. The van der Waals surface area contributed by atoms with E-state index in [4.69, 9.17) is 0 Å². The standard InChI is InChI=1S/C19H23N3O2/c1-3-4-5-11-20-17-9-10-18(21-13-17)19(24)22-16-8-6-7-15(12-16)14(2)23/h6-10,12-13,20H,3-5,11H2,1-2H3,(H,22,24). The van der Waals surface area contributed by atoms with Gasteiger partial charge in [0.15, 0.2) is 5.78 Å². The van der Waals surface area contributed by atoms with E-state index in [1.54, 1.807) is 36.5 Å². The molecule has 0 aliphatic heterocycles. The molecule has 0 unspecified atom stereocenters. The van der Waals surface area contributed by atoms with Crippen molar-refractivity contribution >= 4 is 23.1 Å². The van der Waals surface area contributed by atoms with Crippen LogP contribution >= 0.6 is 0 Å². The summed E-state index contributed by atoms with van der Waals surface area (Å²) < 4.78 is 0. The van der Waals surface area contributed by atoms with E-state index in [1.807, 2.05) is 6.07 Å². The van der Waals surface area contributed by atoms with Crippen LogP contribution in [0.3, 0.4) is 0 Å². The third-order valence-electron chi connectivity index (χ3n) is 3.63. The number of unbranched alkanes of at least 4 members (excludes halogenated alkanes) is 2. The molecule has 24 heavy (non-hydrogen) atoms. The summed E-state index contributed by atoms with van der Waals surface area (Å²) in [4.78, 5) is 27.8. The van der Waals surface area contributed by atoms with Crippen LogP contribution in [0.2, 0.25) is 0 Å². The highest BCUT2D eigenvalue weighted by molar-refractivity contribution is 6.04. The summed E-state index contributed by atoms with van der Waals surface area (Å²) in [5.41, 5.74) is 2.38. The summed E-state index contributed by atoms with van der Waals surface area (Å²) in [7, 11) is 0. The van der Waals surface area contributed by atoms with Gasteiger partial charge in [-0.2, -0.15) is 0 Å². The third kappa shape index (κ3) is 5.19. The Labute approximate surface area is 142 Å². The second-order valence-corrected chi connectivity index (χ2v) is 5.66. The minimum Gasteiger partial charge on any atom is -0.384 e. The highest BCUT2D eigenvalue weighted by Crippen LogP contribution is 2.13. The molecule has 1 aromatic heterocycles. The van der Waals surface area contributed by atoms with Crippen LogP contribution in [0.15, 0.2) is 42.6 Å². The van der Waals surface area contributed by atoms with Gasteiger partial charge < -0.3 is 10.6 Å². The molecule has 0 atom stereocenters. The van der Waals surface area contributed by atoms with Crippen molar-refractivity contribution in [3.63, 3.8) is 0 Å². The molecular weight excluding hydrogens is 302 g/mol. The van der Waals surface area contributed by atoms with Crippen LogP contribution in [-0.4, -0.2) is 23.2 Å². The van der Waals surface area contributed by atoms with E-state index in [-0.39, 0.29) is 11.7 Å². The smallest absolute Gasteiger partial charge is 0.274 e. The van der Waals surface area contributed by atoms with Crippen LogP contribution in [-0.2, 0) is 0 Å². The number of ketones is 1. The number of pyridine rings is 1. The van der Waals surface area contributed by atoms with E-state index in [9.17, 15) is 9.59 Å². The largest absolute Gasteiger partial charge is 0.384 e. The molecular formula is C19H23N3O2. The summed E-state index contributed by atoms with van der Waals surface area (Å²) in [6.45, 7) is 4.56. The molecule has 0 fully saturated rings. The molecule has 0 aliphatic rings. The molecule has 0 saturated carbocycles. The van der Waals surface area contributed by atoms with Gasteiger partial charge in [0.25, 0.3) is 5.91 Å².